The van der Waals surface area contributed by atoms with Gasteiger partial charge in [-0.3, -0.25) is 0 Å². The maximum Gasteiger partial charge on any atom is 0.319 e. The molecule has 1 aromatic carbocycles. The molecule has 21 heavy (non-hydrogen) atoms. The summed E-state index contributed by atoms with van der Waals surface area (Å²) in [5.41, 5.74) is 0.248. The fourth-order valence-electron chi connectivity index (χ4n) is 1.64. The SMILES string of the molecule is CC(C)(CCO)CNC(=O)Nc1cccc(SC(F)F)c1. The first-order chi connectivity index (χ1) is 9.82. The van der Waals surface area contributed by atoms with Crippen molar-refractivity contribution in [2.24, 2.45) is 5.41 Å². The van der Waals surface area contributed by atoms with Gasteiger partial charge in [-0.1, -0.05) is 31.7 Å². The van der Waals surface area contributed by atoms with Crippen LogP contribution in [0.25, 0.3) is 0 Å². The highest BCUT2D eigenvalue weighted by Crippen LogP contribution is 2.27. The molecule has 3 N–H and O–H groups in total. The number of anilines is 1. The topological polar surface area (TPSA) is 61.4 Å². The second kappa shape index (κ2) is 8.19. The number of halogens is 2. The number of benzene rings is 1. The number of alkyl halides is 2. The molecule has 0 aliphatic heterocycles. The number of carbonyl (C=O) groups excluding carboxylic acids is 1. The second-order valence-electron chi connectivity index (χ2n) is 5.35. The Morgan fingerprint density at radius 3 is 2.76 bits per heavy atom. The number of aliphatic hydroxyl groups is 1. The fourth-order valence-corrected chi connectivity index (χ4v) is 2.19. The van der Waals surface area contributed by atoms with Crippen molar-refractivity contribution in [2.75, 3.05) is 18.5 Å². The first kappa shape index (κ1) is 17.7. The molecule has 0 radical (unpaired) electrons. The number of aliphatic hydroxyl groups excluding tert-OH is 1. The Kier molecular flexibility index (Phi) is 6.91. The molecule has 0 fully saturated rings. The van der Waals surface area contributed by atoms with E-state index in [1.165, 1.54) is 6.07 Å². The summed E-state index contributed by atoms with van der Waals surface area (Å²) in [6.07, 6.45) is 0.577. The van der Waals surface area contributed by atoms with Crippen molar-refractivity contribution in [3.63, 3.8) is 0 Å². The lowest BCUT2D eigenvalue weighted by molar-refractivity contribution is 0.204. The third kappa shape index (κ3) is 7.29. The monoisotopic (exact) mass is 318 g/mol. The summed E-state index contributed by atoms with van der Waals surface area (Å²) in [6.45, 7) is 4.33. The molecule has 1 rings (SSSR count). The molecule has 0 aromatic heterocycles. The van der Waals surface area contributed by atoms with Gasteiger partial charge in [0.1, 0.15) is 0 Å². The third-order valence-corrected chi connectivity index (χ3v) is 3.54. The van der Waals surface area contributed by atoms with Crippen LogP contribution in [0.1, 0.15) is 20.3 Å². The van der Waals surface area contributed by atoms with E-state index >= 15 is 0 Å². The van der Waals surface area contributed by atoms with Crippen molar-refractivity contribution in [2.45, 2.75) is 30.9 Å². The molecule has 0 spiro atoms. The van der Waals surface area contributed by atoms with Crippen LogP contribution < -0.4 is 10.6 Å². The minimum absolute atomic E-state index is 0.0587. The van der Waals surface area contributed by atoms with E-state index in [1.54, 1.807) is 18.2 Å². The third-order valence-electron chi connectivity index (χ3n) is 2.83. The van der Waals surface area contributed by atoms with Crippen LogP contribution in [-0.4, -0.2) is 30.0 Å². The van der Waals surface area contributed by atoms with Crippen molar-refractivity contribution < 1.29 is 18.7 Å². The number of amides is 2. The van der Waals surface area contributed by atoms with Gasteiger partial charge < -0.3 is 15.7 Å². The lowest BCUT2D eigenvalue weighted by atomic mass is 9.90. The van der Waals surface area contributed by atoms with Gasteiger partial charge in [-0.15, -0.1) is 0 Å². The Bertz CT molecular complexity index is 470. The van der Waals surface area contributed by atoms with Gasteiger partial charge in [-0.2, -0.15) is 8.78 Å². The van der Waals surface area contributed by atoms with Crippen molar-refractivity contribution in [3.8, 4) is 0 Å². The quantitative estimate of drug-likeness (QED) is 0.674. The molecular weight excluding hydrogens is 298 g/mol. The predicted octanol–water partition coefficient (Wildman–Crippen LogP) is 3.53. The average molecular weight is 318 g/mol. The maximum atomic E-state index is 12.3. The molecule has 1 aromatic rings. The van der Waals surface area contributed by atoms with Crippen molar-refractivity contribution in [1.82, 2.24) is 5.32 Å². The average Bonchev–Trinajstić information content (AvgIpc) is 2.36. The largest absolute Gasteiger partial charge is 0.396 e. The summed E-state index contributed by atoms with van der Waals surface area (Å²) < 4.78 is 24.6. The Morgan fingerprint density at radius 2 is 2.14 bits per heavy atom. The van der Waals surface area contributed by atoms with E-state index in [1.807, 2.05) is 13.8 Å². The molecule has 2 amide bonds. The van der Waals surface area contributed by atoms with E-state index in [4.69, 9.17) is 5.11 Å². The summed E-state index contributed by atoms with van der Waals surface area (Å²) in [5.74, 6) is -2.49. The van der Waals surface area contributed by atoms with Crippen LogP contribution in [0.3, 0.4) is 0 Å². The van der Waals surface area contributed by atoms with Gasteiger partial charge in [0.25, 0.3) is 5.76 Å². The number of nitrogens with one attached hydrogen (secondary N) is 2. The molecule has 0 atom stereocenters. The first-order valence-corrected chi connectivity index (χ1v) is 7.41. The smallest absolute Gasteiger partial charge is 0.319 e. The number of rotatable bonds is 7. The highest BCUT2D eigenvalue weighted by molar-refractivity contribution is 7.99. The molecule has 0 bridgehead atoms. The molecule has 0 saturated heterocycles. The zero-order valence-corrected chi connectivity index (χ0v) is 12.8. The summed E-state index contributed by atoms with van der Waals surface area (Å²) >= 11 is 0.431. The van der Waals surface area contributed by atoms with Gasteiger partial charge in [-0.25, -0.2) is 4.79 Å². The van der Waals surface area contributed by atoms with E-state index < -0.39 is 11.8 Å². The van der Waals surface area contributed by atoms with Crippen LogP contribution in [-0.2, 0) is 0 Å². The van der Waals surface area contributed by atoms with Crippen LogP contribution in [0.15, 0.2) is 29.2 Å². The van der Waals surface area contributed by atoms with Crippen LogP contribution in [0, 0.1) is 5.41 Å². The normalized spacial score (nSPS) is 11.5. The zero-order chi connectivity index (χ0) is 15.9. The number of hydrogen-bond donors (Lipinski definition) is 3. The lowest BCUT2D eigenvalue weighted by Crippen LogP contribution is -2.37. The molecule has 0 heterocycles. The van der Waals surface area contributed by atoms with Crippen molar-refractivity contribution >= 4 is 23.5 Å². The molecule has 0 aliphatic carbocycles. The Hall–Kier alpha value is -1.34. The molecule has 0 saturated carbocycles. The molecule has 118 valence electrons. The van der Waals surface area contributed by atoms with E-state index in [2.05, 4.69) is 10.6 Å². The molecule has 4 nitrogen and oxygen atoms in total. The minimum Gasteiger partial charge on any atom is -0.396 e. The highest BCUT2D eigenvalue weighted by atomic mass is 32.2. The first-order valence-electron chi connectivity index (χ1n) is 6.53. The van der Waals surface area contributed by atoms with Gasteiger partial charge in [0.05, 0.1) is 0 Å². The van der Waals surface area contributed by atoms with Crippen molar-refractivity contribution in [3.05, 3.63) is 24.3 Å². The Balaban J connectivity index is 2.51. The lowest BCUT2D eigenvalue weighted by Gasteiger charge is -2.23. The number of thioether (sulfide) groups is 1. The molecule has 0 aliphatic rings. The molecule has 0 unspecified atom stereocenters. The Morgan fingerprint density at radius 1 is 1.43 bits per heavy atom. The van der Waals surface area contributed by atoms with E-state index in [9.17, 15) is 13.6 Å². The Labute approximate surface area is 127 Å². The number of carbonyl (C=O) groups is 1. The van der Waals surface area contributed by atoms with Gasteiger partial charge >= 0.3 is 6.03 Å². The minimum atomic E-state index is -2.49. The van der Waals surface area contributed by atoms with Gasteiger partial charge in [0.2, 0.25) is 0 Å². The number of hydrogen-bond acceptors (Lipinski definition) is 3. The fraction of sp³-hybridized carbons (Fsp3) is 0.500. The van der Waals surface area contributed by atoms with Crippen LogP contribution >= 0.6 is 11.8 Å². The standard InChI is InChI=1S/C14H20F2N2O2S/c1-14(2,6-7-19)9-17-13(20)18-10-4-3-5-11(8-10)21-12(15)16/h3-5,8,12,19H,6-7,9H2,1-2H3,(H2,17,18,20). The maximum absolute atomic E-state index is 12.3. The summed E-state index contributed by atoms with van der Waals surface area (Å²) in [6, 6.07) is 5.89. The van der Waals surface area contributed by atoms with Crippen molar-refractivity contribution in [1.29, 1.82) is 0 Å². The molecule has 7 heteroatoms. The van der Waals surface area contributed by atoms with Gasteiger partial charge in [0, 0.05) is 23.7 Å². The van der Waals surface area contributed by atoms with Crippen LogP contribution in [0.4, 0.5) is 19.3 Å². The summed E-state index contributed by atoms with van der Waals surface area (Å²) in [4.78, 5) is 12.1. The van der Waals surface area contributed by atoms with Crippen LogP contribution in [0.5, 0.6) is 0 Å². The van der Waals surface area contributed by atoms with Gasteiger partial charge in [0.15, 0.2) is 0 Å². The second-order valence-corrected chi connectivity index (χ2v) is 6.42. The summed E-state index contributed by atoms with van der Waals surface area (Å²) in [7, 11) is 0. The van der Waals surface area contributed by atoms with E-state index in [0.717, 1.165) is 0 Å². The van der Waals surface area contributed by atoms with E-state index in [-0.39, 0.29) is 12.0 Å². The molecular formula is C14H20F2N2O2S. The van der Waals surface area contributed by atoms with Gasteiger partial charge in [-0.05, 0) is 30.0 Å². The number of urea groups is 1. The highest BCUT2D eigenvalue weighted by Gasteiger charge is 2.18. The summed E-state index contributed by atoms with van der Waals surface area (Å²) in [5, 5.41) is 14.2. The zero-order valence-electron chi connectivity index (χ0n) is 12.0. The predicted molar refractivity (Wildman–Crippen MR) is 80.8 cm³/mol. The van der Waals surface area contributed by atoms with E-state index in [0.29, 0.717) is 35.3 Å². The van der Waals surface area contributed by atoms with Crippen LogP contribution in [0.2, 0.25) is 0 Å².